The van der Waals surface area contributed by atoms with E-state index < -0.39 is 5.41 Å². The number of anilines is 2. The number of thiocarbonyl (C=S) groups is 1. The van der Waals surface area contributed by atoms with Crippen LogP contribution in [0.25, 0.3) is 16.5 Å². The van der Waals surface area contributed by atoms with Crippen molar-refractivity contribution in [3.8, 4) is 11.4 Å². The summed E-state index contributed by atoms with van der Waals surface area (Å²) in [6.07, 6.45) is 3.89. The average Bonchev–Trinajstić information content (AvgIpc) is 3.61. The van der Waals surface area contributed by atoms with E-state index in [1.54, 1.807) is 13.3 Å². The Morgan fingerprint density at radius 1 is 0.929 bits per heavy atom. The maximum absolute atomic E-state index is 12.7. The molecule has 2 aromatic heterocycles. The summed E-state index contributed by atoms with van der Waals surface area (Å²) in [4.78, 5) is 19.5. The molecule has 42 heavy (non-hydrogen) atoms. The van der Waals surface area contributed by atoms with E-state index in [4.69, 9.17) is 21.9 Å². The maximum atomic E-state index is 12.7. The van der Waals surface area contributed by atoms with Crippen LogP contribution in [0.5, 0.6) is 5.75 Å². The monoisotopic (exact) mass is 575 g/mol. The molecule has 0 unspecified atom stereocenters. The topological polar surface area (TPSA) is 71.4 Å². The molecule has 8 heteroatoms. The van der Waals surface area contributed by atoms with E-state index in [2.05, 4.69) is 80.9 Å². The second-order valence-electron chi connectivity index (χ2n) is 11.4. The minimum absolute atomic E-state index is 0.0896. The molecule has 0 radical (unpaired) electrons. The van der Waals surface area contributed by atoms with Gasteiger partial charge in [0.05, 0.1) is 24.5 Å². The summed E-state index contributed by atoms with van der Waals surface area (Å²) in [7, 11) is 1.60. The lowest BCUT2D eigenvalue weighted by Crippen LogP contribution is -2.30. The number of benzene rings is 3. The van der Waals surface area contributed by atoms with Gasteiger partial charge in [0.15, 0.2) is 5.11 Å². The highest BCUT2D eigenvalue weighted by Gasteiger charge is 2.42. The van der Waals surface area contributed by atoms with Crippen molar-refractivity contribution >= 4 is 45.4 Å². The largest absolute Gasteiger partial charge is 0.494 e. The number of nitrogens with one attached hydrogen (secondary N) is 2. The van der Waals surface area contributed by atoms with Crippen LogP contribution < -0.4 is 20.3 Å². The van der Waals surface area contributed by atoms with Gasteiger partial charge in [0.2, 0.25) is 5.91 Å². The lowest BCUT2D eigenvalue weighted by Gasteiger charge is -2.29. The first-order valence-corrected chi connectivity index (χ1v) is 14.3. The van der Waals surface area contributed by atoms with Gasteiger partial charge in [-0.25, -0.2) is 0 Å². The number of methoxy groups -OCH3 is 1. The van der Waals surface area contributed by atoms with Crippen molar-refractivity contribution < 1.29 is 9.53 Å². The van der Waals surface area contributed by atoms with Crippen molar-refractivity contribution in [2.75, 3.05) is 17.3 Å². The molecule has 2 atom stereocenters. The summed E-state index contributed by atoms with van der Waals surface area (Å²) in [6.45, 7) is 5.64. The summed E-state index contributed by atoms with van der Waals surface area (Å²) in [5, 5.41) is 9.49. The predicted octanol–water partition coefficient (Wildman–Crippen LogP) is 7.20. The quantitative estimate of drug-likeness (QED) is 0.209. The minimum Gasteiger partial charge on any atom is -0.494 e. The summed E-state index contributed by atoms with van der Waals surface area (Å²) in [5.41, 5.74) is 3.91. The molecule has 1 saturated heterocycles. The number of amides is 1. The van der Waals surface area contributed by atoms with Gasteiger partial charge in [0.25, 0.3) is 0 Å². The van der Waals surface area contributed by atoms with E-state index in [1.165, 1.54) is 10.8 Å². The van der Waals surface area contributed by atoms with Gasteiger partial charge in [-0.2, -0.15) is 0 Å². The Morgan fingerprint density at radius 3 is 2.43 bits per heavy atom. The number of fused-ring (bicyclic) bond motifs is 1. The Kier molecular flexibility index (Phi) is 7.16. The number of carbonyl (C=O) groups is 1. The van der Waals surface area contributed by atoms with Gasteiger partial charge in [0, 0.05) is 40.9 Å². The fourth-order valence-electron chi connectivity index (χ4n) is 5.37. The number of aromatic nitrogens is 2. The summed E-state index contributed by atoms with van der Waals surface area (Å²) in [5.74, 6) is 0.464. The number of carbonyl (C=O) groups excluding carboxylic acids is 1. The molecular formula is C34H33N5O2S. The summed E-state index contributed by atoms with van der Waals surface area (Å²) in [6, 6.07) is 30.3. The van der Waals surface area contributed by atoms with Crippen LogP contribution in [0, 0.1) is 5.41 Å². The van der Waals surface area contributed by atoms with Crippen LogP contribution in [-0.4, -0.2) is 27.7 Å². The second kappa shape index (κ2) is 10.9. The Balaban J connectivity index is 1.46. The molecule has 2 N–H and O–H groups in total. The molecule has 0 saturated carbocycles. The summed E-state index contributed by atoms with van der Waals surface area (Å²) >= 11 is 5.97. The first-order chi connectivity index (χ1) is 20.2. The van der Waals surface area contributed by atoms with Crippen molar-refractivity contribution in [3.05, 3.63) is 115 Å². The molecular weight excluding hydrogens is 542 g/mol. The smallest absolute Gasteiger partial charge is 0.229 e. The number of nitrogens with zero attached hydrogens (tertiary/aromatic N) is 3. The molecule has 7 nitrogen and oxygen atoms in total. The normalized spacial score (nSPS) is 16.9. The fraction of sp³-hybridized carbons (Fsp3) is 0.206. The zero-order chi connectivity index (χ0) is 29.4. The molecule has 1 fully saturated rings. The highest BCUT2D eigenvalue weighted by molar-refractivity contribution is 7.80. The van der Waals surface area contributed by atoms with Crippen molar-refractivity contribution in [2.24, 2.45) is 5.41 Å². The average molecular weight is 576 g/mol. The zero-order valence-electron chi connectivity index (χ0n) is 24.0. The molecule has 0 spiro atoms. The molecule has 3 aromatic carbocycles. The SMILES string of the molecule is COc1cc(N2C(=S)N[C@H](c3ccccn3)[C@@H]2c2cccn2-c2ccc3ccccc3c2)ccc1NC(=O)C(C)(C)C. The molecule has 6 rings (SSSR count). The van der Waals surface area contributed by atoms with Gasteiger partial charge in [-0.05, 0) is 71.5 Å². The number of ether oxygens (including phenoxy) is 1. The number of pyridine rings is 1. The molecule has 1 aliphatic rings. The van der Waals surface area contributed by atoms with Crippen LogP contribution in [0.4, 0.5) is 11.4 Å². The lowest BCUT2D eigenvalue weighted by molar-refractivity contribution is -0.123. The third kappa shape index (κ3) is 5.10. The first-order valence-electron chi connectivity index (χ1n) is 13.9. The minimum atomic E-state index is -0.542. The first kappa shape index (κ1) is 27.5. The van der Waals surface area contributed by atoms with Crippen LogP contribution in [0.3, 0.4) is 0 Å². The van der Waals surface area contributed by atoms with Gasteiger partial charge in [-0.15, -0.1) is 0 Å². The van der Waals surface area contributed by atoms with Gasteiger partial charge in [-0.3, -0.25) is 9.78 Å². The highest BCUT2D eigenvalue weighted by Crippen LogP contribution is 2.44. The van der Waals surface area contributed by atoms with Gasteiger partial charge in [0.1, 0.15) is 11.8 Å². The number of hydrogen-bond donors (Lipinski definition) is 2. The van der Waals surface area contributed by atoms with Crippen LogP contribution in [-0.2, 0) is 4.79 Å². The van der Waals surface area contributed by atoms with Gasteiger partial charge >= 0.3 is 0 Å². The van der Waals surface area contributed by atoms with E-state index in [9.17, 15) is 4.79 Å². The summed E-state index contributed by atoms with van der Waals surface area (Å²) < 4.78 is 7.96. The van der Waals surface area contributed by atoms with E-state index in [-0.39, 0.29) is 18.0 Å². The van der Waals surface area contributed by atoms with Crippen molar-refractivity contribution in [2.45, 2.75) is 32.9 Å². The standard InChI is InChI=1S/C34H33N5O2S/c1-34(2,3)32(40)36-26-17-16-25(21-29(26)41-4)39-31(30(37-33(39)42)27-12-7-8-18-35-27)28-13-9-19-38(28)24-15-14-22-10-5-6-11-23(22)20-24/h5-21,30-31H,1-4H3,(H,36,40)(H,37,42)/t30-,31+/m1/s1. The van der Waals surface area contributed by atoms with Crippen molar-refractivity contribution in [1.29, 1.82) is 0 Å². The molecule has 212 valence electrons. The van der Waals surface area contributed by atoms with E-state index in [1.807, 2.05) is 57.2 Å². The van der Waals surface area contributed by atoms with Crippen LogP contribution in [0.1, 0.15) is 44.2 Å². The molecule has 0 aliphatic carbocycles. The number of rotatable bonds is 6. The predicted molar refractivity (Wildman–Crippen MR) is 172 cm³/mol. The molecule has 3 heterocycles. The fourth-order valence-corrected chi connectivity index (χ4v) is 5.72. The Labute approximate surface area is 251 Å². The Morgan fingerprint density at radius 2 is 1.69 bits per heavy atom. The van der Waals surface area contributed by atoms with E-state index >= 15 is 0 Å². The van der Waals surface area contributed by atoms with Crippen molar-refractivity contribution in [3.63, 3.8) is 0 Å². The van der Waals surface area contributed by atoms with E-state index in [0.29, 0.717) is 16.5 Å². The molecule has 1 amide bonds. The third-order valence-corrected chi connectivity index (χ3v) is 7.90. The van der Waals surface area contributed by atoms with Crippen LogP contribution in [0.2, 0.25) is 0 Å². The third-order valence-electron chi connectivity index (χ3n) is 7.59. The number of hydrogen-bond acceptors (Lipinski definition) is 4. The van der Waals surface area contributed by atoms with Crippen LogP contribution in [0.15, 0.2) is 103 Å². The molecule has 5 aromatic rings. The van der Waals surface area contributed by atoms with Gasteiger partial charge < -0.3 is 24.8 Å². The Hall–Kier alpha value is -4.69. The molecule has 1 aliphatic heterocycles. The van der Waals surface area contributed by atoms with Gasteiger partial charge in [-0.1, -0.05) is 57.2 Å². The van der Waals surface area contributed by atoms with E-state index in [0.717, 1.165) is 22.8 Å². The van der Waals surface area contributed by atoms with Crippen molar-refractivity contribution in [1.82, 2.24) is 14.9 Å². The Bertz CT molecular complexity index is 1780. The van der Waals surface area contributed by atoms with Crippen LogP contribution >= 0.6 is 12.2 Å². The molecule has 0 bridgehead atoms. The maximum Gasteiger partial charge on any atom is 0.229 e. The second-order valence-corrected chi connectivity index (χ2v) is 11.8. The lowest BCUT2D eigenvalue weighted by atomic mass is 9.95. The zero-order valence-corrected chi connectivity index (χ0v) is 24.9. The highest BCUT2D eigenvalue weighted by atomic mass is 32.1.